The Balaban J connectivity index is 2.91. The predicted octanol–water partition coefficient (Wildman–Crippen LogP) is 3.13. The van der Waals surface area contributed by atoms with E-state index in [1.807, 2.05) is 0 Å². The lowest BCUT2D eigenvalue weighted by atomic mass is 10.0. The molecule has 0 saturated carbocycles. The third-order valence-electron chi connectivity index (χ3n) is 2.64. The quantitative estimate of drug-likeness (QED) is 0.263. The van der Waals surface area contributed by atoms with Gasteiger partial charge >= 0.3 is 5.97 Å². The number of halogens is 2. The number of carbonyl (C=O) groups is 1. The van der Waals surface area contributed by atoms with Crippen LogP contribution in [0.15, 0.2) is 29.4 Å². The molecule has 0 aliphatic heterocycles. The molecular weight excluding hydrogens is 282 g/mol. The van der Waals surface area contributed by atoms with Gasteiger partial charge < -0.3 is 10.1 Å². The normalized spacial score (nSPS) is 11.8. The van der Waals surface area contributed by atoms with E-state index in [1.165, 1.54) is 18.2 Å². The lowest BCUT2D eigenvalue weighted by Gasteiger charge is -2.18. The smallest absolute Gasteiger partial charge is 0.327 e. The number of alkyl halides is 2. The van der Waals surface area contributed by atoms with Gasteiger partial charge in [0.05, 0.1) is 6.61 Å². The second-order valence-electron chi connectivity index (χ2n) is 4.06. The molecule has 1 unspecified atom stereocenters. The van der Waals surface area contributed by atoms with Crippen LogP contribution in [-0.4, -0.2) is 25.7 Å². The summed E-state index contributed by atoms with van der Waals surface area (Å²) in [6, 6.07) is 4.69. The molecule has 1 aromatic carbocycles. The maximum atomic E-state index is 12.7. The first-order valence-corrected chi connectivity index (χ1v) is 6.39. The Morgan fingerprint density at radius 1 is 1.48 bits per heavy atom. The number of benzene rings is 1. The Labute approximate surface area is 120 Å². The van der Waals surface area contributed by atoms with Crippen LogP contribution < -0.4 is 5.32 Å². The van der Waals surface area contributed by atoms with Gasteiger partial charge in [-0.15, -0.1) is 0 Å². The molecule has 8 heteroatoms. The molecule has 0 aromatic heterocycles. The Morgan fingerprint density at radius 2 is 2.19 bits per heavy atom. The van der Waals surface area contributed by atoms with Gasteiger partial charge in [-0.1, -0.05) is 23.3 Å². The number of ether oxygens (including phenoxy) is 1. The van der Waals surface area contributed by atoms with E-state index in [-0.39, 0.29) is 25.3 Å². The van der Waals surface area contributed by atoms with Crippen molar-refractivity contribution in [3.8, 4) is 0 Å². The number of azide groups is 1. The first kappa shape index (κ1) is 16.9. The predicted molar refractivity (Wildman–Crippen MR) is 72.8 cm³/mol. The molecule has 1 aromatic rings. The monoisotopic (exact) mass is 298 g/mol. The fourth-order valence-electron chi connectivity index (χ4n) is 1.74. The highest BCUT2D eigenvalue weighted by molar-refractivity contribution is 5.77. The summed E-state index contributed by atoms with van der Waals surface area (Å²) in [7, 11) is 0. The maximum absolute atomic E-state index is 12.7. The highest BCUT2D eigenvalue weighted by atomic mass is 19.3. The van der Waals surface area contributed by atoms with E-state index in [0.717, 1.165) is 0 Å². The molecule has 0 fully saturated rings. The molecule has 1 atom stereocenters. The number of rotatable bonds is 8. The molecule has 6 nitrogen and oxygen atoms in total. The topological polar surface area (TPSA) is 87.1 Å². The third kappa shape index (κ3) is 5.37. The summed E-state index contributed by atoms with van der Waals surface area (Å²) < 4.78 is 30.4. The van der Waals surface area contributed by atoms with Crippen molar-refractivity contribution in [1.82, 2.24) is 5.32 Å². The van der Waals surface area contributed by atoms with E-state index in [9.17, 15) is 13.6 Å². The molecule has 21 heavy (non-hydrogen) atoms. The minimum absolute atomic E-state index is 0.140. The molecular formula is C13H16F2N4O2. The van der Waals surface area contributed by atoms with Gasteiger partial charge in [0, 0.05) is 23.6 Å². The number of hydrogen-bond donors (Lipinski definition) is 1. The highest BCUT2D eigenvalue weighted by Crippen LogP contribution is 2.23. The van der Waals surface area contributed by atoms with E-state index in [2.05, 4.69) is 15.3 Å². The Hall–Kier alpha value is -2.18. The van der Waals surface area contributed by atoms with Crippen LogP contribution in [0.2, 0.25) is 0 Å². The van der Waals surface area contributed by atoms with Crippen LogP contribution in [0.25, 0.3) is 10.4 Å². The minimum Gasteiger partial charge on any atom is -0.465 e. The molecule has 0 spiro atoms. The van der Waals surface area contributed by atoms with Gasteiger partial charge in [0.2, 0.25) is 0 Å². The van der Waals surface area contributed by atoms with Crippen molar-refractivity contribution in [2.75, 3.05) is 19.7 Å². The van der Waals surface area contributed by atoms with Gasteiger partial charge in [-0.25, -0.2) is 13.6 Å². The molecule has 0 bridgehead atoms. The van der Waals surface area contributed by atoms with Crippen LogP contribution in [0.1, 0.15) is 30.5 Å². The third-order valence-corrected chi connectivity index (χ3v) is 2.64. The molecule has 0 saturated heterocycles. The van der Waals surface area contributed by atoms with Crippen molar-refractivity contribution in [1.29, 1.82) is 0 Å². The molecule has 0 radical (unpaired) electrons. The van der Waals surface area contributed by atoms with Gasteiger partial charge in [0.15, 0.2) is 0 Å². The maximum Gasteiger partial charge on any atom is 0.327 e. The Morgan fingerprint density at radius 3 is 2.81 bits per heavy atom. The number of esters is 1. The molecule has 1 rings (SSSR count). The van der Waals surface area contributed by atoms with Crippen molar-refractivity contribution >= 4 is 5.97 Å². The van der Waals surface area contributed by atoms with E-state index in [0.29, 0.717) is 5.56 Å². The minimum atomic E-state index is -2.61. The number of nitrogens with zero attached hydrogens (tertiary/aromatic N) is 3. The first-order valence-electron chi connectivity index (χ1n) is 6.39. The summed E-state index contributed by atoms with van der Waals surface area (Å²) in [5, 5.41) is 6.17. The average Bonchev–Trinajstić information content (AvgIpc) is 2.47. The first-order chi connectivity index (χ1) is 10.1. The number of hydrogen-bond acceptors (Lipinski definition) is 4. The molecule has 0 amide bonds. The second kappa shape index (κ2) is 8.89. The van der Waals surface area contributed by atoms with Crippen molar-refractivity contribution in [2.24, 2.45) is 5.11 Å². The van der Waals surface area contributed by atoms with E-state index in [1.54, 1.807) is 13.0 Å². The van der Waals surface area contributed by atoms with Crippen LogP contribution in [0.3, 0.4) is 0 Å². The van der Waals surface area contributed by atoms with Crippen LogP contribution in [0.4, 0.5) is 8.78 Å². The van der Waals surface area contributed by atoms with Crippen molar-refractivity contribution in [3.63, 3.8) is 0 Å². The summed E-state index contributed by atoms with van der Waals surface area (Å²) in [6.45, 7) is 2.21. The Kier molecular flexibility index (Phi) is 7.14. The van der Waals surface area contributed by atoms with Gasteiger partial charge in [0.25, 0.3) is 6.43 Å². The van der Waals surface area contributed by atoms with Crippen molar-refractivity contribution in [3.05, 3.63) is 45.8 Å². The summed E-state index contributed by atoms with van der Waals surface area (Å²) in [6.07, 6.45) is -2.61. The zero-order chi connectivity index (χ0) is 15.7. The van der Waals surface area contributed by atoms with Crippen LogP contribution in [-0.2, 0) is 9.53 Å². The van der Waals surface area contributed by atoms with Crippen LogP contribution >= 0.6 is 0 Å². The molecule has 114 valence electrons. The summed E-state index contributed by atoms with van der Waals surface area (Å²) in [5.74, 6) is -0.565. The second-order valence-corrected chi connectivity index (χ2v) is 4.06. The summed E-state index contributed by atoms with van der Waals surface area (Å²) in [4.78, 5) is 14.5. The Bertz CT molecular complexity index is 519. The number of carbonyl (C=O) groups excluding carboxylic acids is 1. The molecule has 0 aliphatic rings. The van der Waals surface area contributed by atoms with E-state index < -0.39 is 18.4 Å². The SMILES string of the molecule is CCOC(=O)C(NCCN=[N+]=[N-])c1cccc(C(F)F)c1. The standard InChI is InChI=1S/C13H16F2N4O2/c1-2-21-13(20)11(17-6-7-18-19-16)9-4-3-5-10(8-9)12(14)15/h3-5,8,11-12,17H,2,6-7H2,1H3. The zero-order valence-electron chi connectivity index (χ0n) is 11.5. The van der Waals surface area contributed by atoms with Gasteiger partial charge in [-0.2, -0.15) is 0 Å². The largest absolute Gasteiger partial charge is 0.465 e. The van der Waals surface area contributed by atoms with Gasteiger partial charge in [0.1, 0.15) is 6.04 Å². The van der Waals surface area contributed by atoms with Crippen LogP contribution in [0, 0.1) is 0 Å². The van der Waals surface area contributed by atoms with Gasteiger partial charge in [-0.3, -0.25) is 0 Å². The average molecular weight is 298 g/mol. The molecule has 1 N–H and O–H groups in total. The highest BCUT2D eigenvalue weighted by Gasteiger charge is 2.22. The fourth-order valence-corrected chi connectivity index (χ4v) is 1.74. The lowest BCUT2D eigenvalue weighted by Crippen LogP contribution is -2.32. The van der Waals surface area contributed by atoms with Crippen molar-refractivity contribution in [2.45, 2.75) is 19.4 Å². The number of nitrogens with one attached hydrogen (secondary N) is 1. The van der Waals surface area contributed by atoms with Gasteiger partial charge in [-0.05, 0) is 24.1 Å². The molecule has 0 heterocycles. The fraction of sp³-hybridized carbons (Fsp3) is 0.462. The lowest BCUT2D eigenvalue weighted by molar-refractivity contribution is -0.145. The molecule has 0 aliphatic carbocycles. The van der Waals surface area contributed by atoms with Crippen LogP contribution in [0.5, 0.6) is 0 Å². The van der Waals surface area contributed by atoms with E-state index in [4.69, 9.17) is 10.3 Å². The summed E-state index contributed by atoms with van der Waals surface area (Å²) in [5.41, 5.74) is 8.41. The van der Waals surface area contributed by atoms with Crippen molar-refractivity contribution < 1.29 is 18.3 Å². The van der Waals surface area contributed by atoms with E-state index >= 15 is 0 Å². The zero-order valence-corrected chi connectivity index (χ0v) is 11.5. The summed E-state index contributed by atoms with van der Waals surface area (Å²) >= 11 is 0.